The molecule has 1 aromatic heterocycles. The monoisotopic (exact) mass is 306 g/mol. The first kappa shape index (κ1) is 18.4. The normalized spacial score (nSPS) is 11.8. The fraction of sp³-hybridized carbons (Fsp3) is 0.615. The van der Waals surface area contributed by atoms with Crippen LogP contribution in [0.25, 0.3) is 0 Å². The number of amides is 1. The number of thioether (sulfide) groups is 1. The molecule has 0 aliphatic carbocycles. The minimum absolute atomic E-state index is 0. The van der Waals surface area contributed by atoms with Crippen molar-refractivity contribution < 1.29 is 9.21 Å². The molecule has 110 valence electrons. The molecule has 0 radical (unpaired) electrons. The van der Waals surface area contributed by atoms with Crippen LogP contribution in [-0.4, -0.2) is 35.4 Å². The Kier molecular flexibility index (Phi) is 8.97. The maximum Gasteiger partial charge on any atom is 0.257 e. The highest BCUT2D eigenvalue weighted by molar-refractivity contribution is 7.99. The molecule has 4 nitrogen and oxygen atoms in total. The van der Waals surface area contributed by atoms with Crippen molar-refractivity contribution in [2.45, 2.75) is 32.9 Å². The SMILES string of the molecule is CCSCCC(C)N(C)C(=O)c1coc(CN)c1.Cl. The largest absolute Gasteiger partial charge is 0.467 e. The number of hydrogen-bond acceptors (Lipinski definition) is 4. The van der Waals surface area contributed by atoms with Gasteiger partial charge in [-0.2, -0.15) is 11.8 Å². The van der Waals surface area contributed by atoms with Crippen LogP contribution in [0.4, 0.5) is 0 Å². The van der Waals surface area contributed by atoms with Crippen molar-refractivity contribution in [1.29, 1.82) is 0 Å². The molecule has 2 N–H and O–H groups in total. The molecule has 19 heavy (non-hydrogen) atoms. The number of carbonyl (C=O) groups excluding carboxylic acids is 1. The van der Waals surface area contributed by atoms with Crippen LogP contribution >= 0.6 is 24.2 Å². The standard InChI is InChI=1S/C13H22N2O2S.ClH/c1-4-18-6-5-10(2)15(3)13(16)11-7-12(8-14)17-9-11;/h7,9-10H,4-6,8,14H2,1-3H3;1H. The van der Waals surface area contributed by atoms with E-state index in [-0.39, 0.29) is 24.4 Å². The summed E-state index contributed by atoms with van der Waals surface area (Å²) < 4.78 is 5.19. The summed E-state index contributed by atoms with van der Waals surface area (Å²) in [5.41, 5.74) is 6.04. The van der Waals surface area contributed by atoms with Crippen LogP contribution < -0.4 is 5.73 Å². The molecule has 0 aromatic carbocycles. The van der Waals surface area contributed by atoms with E-state index in [1.54, 1.807) is 11.0 Å². The van der Waals surface area contributed by atoms with Crippen LogP contribution in [0.2, 0.25) is 0 Å². The van der Waals surface area contributed by atoms with E-state index in [4.69, 9.17) is 10.2 Å². The van der Waals surface area contributed by atoms with Crippen molar-refractivity contribution in [2.24, 2.45) is 5.73 Å². The topological polar surface area (TPSA) is 59.5 Å². The smallest absolute Gasteiger partial charge is 0.257 e. The van der Waals surface area contributed by atoms with E-state index in [9.17, 15) is 4.79 Å². The molecule has 0 aliphatic heterocycles. The molecule has 1 amide bonds. The van der Waals surface area contributed by atoms with Gasteiger partial charge in [0.15, 0.2) is 0 Å². The zero-order valence-corrected chi connectivity index (χ0v) is 13.4. The molecule has 6 heteroatoms. The average molecular weight is 307 g/mol. The van der Waals surface area contributed by atoms with Crippen molar-refractivity contribution in [1.82, 2.24) is 4.90 Å². The van der Waals surface area contributed by atoms with Crippen molar-refractivity contribution in [3.05, 3.63) is 23.7 Å². The van der Waals surface area contributed by atoms with Crippen LogP contribution in [-0.2, 0) is 6.54 Å². The molecule has 0 saturated carbocycles. The Morgan fingerprint density at radius 3 is 2.79 bits per heavy atom. The third kappa shape index (κ3) is 5.47. The number of carbonyl (C=O) groups is 1. The van der Waals surface area contributed by atoms with Crippen LogP contribution in [0.5, 0.6) is 0 Å². The molecule has 0 fully saturated rings. The summed E-state index contributed by atoms with van der Waals surface area (Å²) in [5.74, 6) is 2.83. The number of rotatable bonds is 7. The van der Waals surface area contributed by atoms with Gasteiger partial charge >= 0.3 is 0 Å². The van der Waals surface area contributed by atoms with Gasteiger partial charge in [-0.1, -0.05) is 6.92 Å². The Morgan fingerprint density at radius 1 is 1.58 bits per heavy atom. The Labute approximate surface area is 125 Å². The van der Waals surface area contributed by atoms with Crippen molar-refractivity contribution >= 4 is 30.1 Å². The van der Waals surface area contributed by atoms with E-state index in [1.807, 2.05) is 18.8 Å². The number of halogens is 1. The molecule has 1 atom stereocenters. The van der Waals surface area contributed by atoms with Crippen LogP contribution in [0, 0.1) is 0 Å². The van der Waals surface area contributed by atoms with Gasteiger partial charge in [-0.25, -0.2) is 0 Å². The minimum atomic E-state index is -0.00699. The van der Waals surface area contributed by atoms with E-state index in [0.29, 0.717) is 17.9 Å². The zero-order valence-electron chi connectivity index (χ0n) is 11.7. The maximum absolute atomic E-state index is 12.2. The lowest BCUT2D eigenvalue weighted by Gasteiger charge is -2.24. The van der Waals surface area contributed by atoms with E-state index >= 15 is 0 Å². The molecule has 0 spiro atoms. The molecular weight excluding hydrogens is 284 g/mol. The molecule has 1 aromatic rings. The van der Waals surface area contributed by atoms with Crippen molar-refractivity contribution in [3.8, 4) is 0 Å². The van der Waals surface area contributed by atoms with Crippen LogP contribution in [0.1, 0.15) is 36.4 Å². The zero-order chi connectivity index (χ0) is 13.5. The third-order valence-corrected chi connectivity index (χ3v) is 3.90. The summed E-state index contributed by atoms with van der Waals surface area (Å²) in [4.78, 5) is 13.9. The van der Waals surface area contributed by atoms with Gasteiger partial charge in [0.2, 0.25) is 0 Å². The number of nitrogens with zero attached hydrogens (tertiary/aromatic N) is 1. The summed E-state index contributed by atoms with van der Waals surface area (Å²) in [6.07, 6.45) is 2.48. The summed E-state index contributed by atoms with van der Waals surface area (Å²) in [7, 11) is 1.83. The highest BCUT2D eigenvalue weighted by atomic mass is 35.5. The number of nitrogens with two attached hydrogens (primary N) is 1. The first-order chi connectivity index (χ1) is 8.60. The fourth-order valence-corrected chi connectivity index (χ4v) is 2.39. The number of hydrogen-bond donors (Lipinski definition) is 1. The lowest BCUT2D eigenvalue weighted by molar-refractivity contribution is 0.0740. The summed E-state index contributed by atoms with van der Waals surface area (Å²) >= 11 is 1.90. The lowest BCUT2D eigenvalue weighted by Crippen LogP contribution is -2.35. The molecule has 1 rings (SSSR count). The summed E-state index contributed by atoms with van der Waals surface area (Å²) in [6.45, 7) is 4.53. The van der Waals surface area contributed by atoms with Gasteiger partial charge in [-0.3, -0.25) is 4.79 Å². The van der Waals surface area contributed by atoms with Crippen LogP contribution in [0.3, 0.4) is 0 Å². The Balaban J connectivity index is 0.00000324. The van der Waals surface area contributed by atoms with E-state index in [2.05, 4.69) is 13.8 Å². The Morgan fingerprint density at radius 2 is 2.26 bits per heavy atom. The Bertz CT molecular complexity index is 384. The quantitative estimate of drug-likeness (QED) is 0.787. The third-order valence-electron chi connectivity index (χ3n) is 2.97. The maximum atomic E-state index is 12.2. The molecule has 0 saturated heterocycles. The van der Waals surface area contributed by atoms with Gasteiger partial charge in [0.1, 0.15) is 12.0 Å². The molecule has 1 unspecified atom stereocenters. The molecular formula is C13H23ClN2O2S. The second-order valence-corrected chi connectivity index (χ2v) is 5.65. The second-order valence-electron chi connectivity index (χ2n) is 4.26. The summed E-state index contributed by atoms with van der Waals surface area (Å²) in [5, 5.41) is 0. The predicted octanol–water partition coefficient (Wildman–Crippen LogP) is 2.76. The number of furan rings is 1. The fourth-order valence-electron chi connectivity index (χ4n) is 1.60. The van der Waals surface area contributed by atoms with Gasteiger partial charge < -0.3 is 15.1 Å². The Hall–Kier alpha value is -0.650. The van der Waals surface area contributed by atoms with Gasteiger partial charge in [-0.05, 0) is 30.9 Å². The molecule has 0 bridgehead atoms. The first-order valence-electron chi connectivity index (χ1n) is 6.22. The highest BCUT2D eigenvalue weighted by Crippen LogP contribution is 2.14. The van der Waals surface area contributed by atoms with Crippen molar-refractivity contribution in [3.63, 3.8) is 0 Å². The van der Waals surface area contributed by atoms with Gasteiger partial charge in [0, 0.05) is 13.1 Å². The van der Waals surface area contributed by atoms with Gasteiger partial charge in [0.05, 0.1) is 12.1 Å². The van der Waals surface area contributed by atoms with E-state index < -0.39 is 0 Å². The predicted molar refractivity (Wildman–Crippen MR) is 83.0 cm³/mol. The van der Waals surface area contributed by atoms with E-state index in [1.165, 1.54) is 6.26 Å². The van der Waals surface area contributed by atoms with Crippen molar-refractivity contribution in [2.75, 3.05) is 18.6 Å². The first-order valence-corrected chi connectivity index (χ1v) is 7.38. The molecule has 0 aliphatic rings. The summed E-state index contributed by atoms with van der Waals surface area (Å²) in [6, 6.07) is 1.94. The van der Waals surface area contributed by atoms with Gasteiger partial charge in [0.25, 0.3) is 5.91 Å². The van der Waals surface area contributed by atoms with E-state index in [0.717, 1.165) is 17.9 Å². The lowest BCUT2D eigenvalue weighted by atomic mass is 10.2. The minimum Gasteiger partial charge on any atom is -0.467 e. The molecule has 1 heterocycles. The average Bonchev–Trinajstić information content (AvgIpc) is 2.85. The van der Waals surface area contributed by atoms with Gasteiger partial charge in [-0.15, -0.1) is 12.4 Å². The van der Waals surface area contributed by atoms with Crippen LogP contribution in [0.15, 0.2) is 16.7 Å². The second kappa shape index (κ2) is 9.28. The highest BCUT2D eigenvalue weighted by Gasteiger charge is 2.18.